The minimum Gasteiger partial charge on any atom is -0.482 e. The zero-order valence-corrected chi connectivity index (χ0v) is 14.4. The molecule has 5 nitrogen and oxygen atoms in total. The first-order valence-electron chi connectivity index (χ1n) is 9.02. The molecule has 0 spiro atoms. The van der Waals surface area contributed by atoms with Gasteiger partial charge in [-0.3, -0.25) is 9.59 Å². The van der Waals surface area contributed by atoms with Gasteiger partial charge >= 0.3 is 0 Å². The van der Waals surface area contributed by atoms with E-state index in [2.05, 4.69) is 4.90 Å². The molecule has 5 heteroatoms. The Hall–Kier alpha value is -1.88. The molecule has 2 aliphatic rings. The van der Waals surface area contributed by atoms with Crippen LogP contribution < -0.4 is 9.64 Å². The minimum atomic E-state index is -0.00751. The smallest absolute Gasteiger partial charge is 0.265 e. The number of ether oxygens (including phenoxy) is 1. The molecular weight excluding hydrogens is 304 g/mol. The van der Waals surface area contributed by atoms with E-state index in [4.69, 9.17) is 4.74 Å². The van der Waals surface area contributed by atoms with Crippen molar-refractivity contribution >= 4 is 17.4 Å². The lowest BCUT2D eigenvalue weighted by molar-refractivity contribution is -0.121. The van der Waals surface area contributed by atoms with Crippen LogP contribution in [0.5, 0.6) is 5.75 Å². The Balaban J connectivity index is 1.72. The molecule has 130 valence electrons. The van der Waals surface area contributed by atoms with Crippen LogP contribution >= 0.6 is 0 Å². The number of carbonyl (C=O) groups is 2. The summed E-state index contributed by atoms with van der Waals surface area (Å²) in [7, 11) is 0. The lowest BCUT2D eigenvalue weighted by atomic mass is 10.1. The van der Waals surface area contributed by atoms with Crippen LogP contribution in [0.1, 0.15) is 49.4 Å². The quantitative estimate of drug-likeness (QED) is 0.779. The van der Waals surface area contributed by atoms with E-state index < -0.39 is 0 Å². The Morgan fingerprint density at radius 1 is 1.12 bits per heavy atom. The van der Waals surface area contributed by atoms with Crippen molar-refractivity contribution in [3.05, 3.63) is 23.8 Å². The van der Waals surface area contributed by atoms with E-state index in [1.54, 1.807) is 12.1 Å². The highest BCUT2D eigenvalue weighted by molar-refractivity contribution is 6.01. The fourth-order valence-electron chi connectivity index (χ4n) is 3.43. The number of anilines is 1. The lowest BCUT2D eigenvalue weighted by Gasteiger charge is -2.31. The molecule has 0 bridgehead atoms. The highest BCUT2D eigenvalue weighted by Gasteiger charge is 2.26. The molecule has 0 aliphatic carbocycles. The molecule has 1 fully saturated rings. The zero-order chi connectivity index (χ0) is 16.9. The summed E-state index contributed by atoms with van der Waals surface area (Å²) < 4.78 is 5.56. The molecule has 0 atom stereocenters. The monoisotopic (exact) mass is 330 g/mol. The van der Waals surface area contributed by atoms with Crippen LogP contribution in [0.4, 0.5) is 5.69 Å². The van der Waals surface area contributed by atoms with Crippen LogP contribution in [-0.2, 0) is 4.79 Å². The second-order valence-electron chi connectivity index (χ2n) is 6.55. The van der Waals surface area contributed by atoms with Gasteiger partial charge in [-0.05, 0) is 44.1 Å². The standard InChI is InChI=1S/C19H26N2O3/c1-2-17(22)15-7-8-16-18(13-15)24-14-19(23)21(16)12-11-20-9-5-3-4-6-10-20/h7-8,13H,2-6,9-12,14H2,1H3. The van der Waals surface area contributed by atoms with Crippen molar-refractivity contribution in [2.45, 2.75) is 39.0 Å². The molecule has 1 aromatic rings. The second kappa shape index (κ2) is 7.79. The van der Waals surface area contributed by atoms with Crippen molar-refractivity contribution in [3.8, 4) is 5.75 Å². The van der Waals surface area contributed by atoms with Crippen molar-refractivity contribution in [1.82, 2.24) is 4.90 Å². The van der Waals surface area contributed by atoms with Crippen LogP contribution in [-0.4, -0.2) is 49.4 Å². The summed E-state index contributed by atoms with van der Waals surface area (Å²) in [5, 5.41) is 0. The highest BCUT2D eigenvalue weighted by atomic mass is 16.5. The predicted molar refractivity (Wildman–Crippen MR) is 93.8 cm³/mol. The highest BCUT2D eigenvalue weighted by Crippen LogP contribution is 2.33. The van der Waals surface area contributed by atoms with Crippen molar-refractivity contribution in [3.63, 3.8) is 0 Å². The van der Waals surface area contributed by atoms with Gasteiger partial charge in [0.15, 0.2) is 12.4 Å². The van der Waals surface area contributed by atoms with Crippen LogP contribution in [0.2, 0.25) is 0 Å². The summed E-state index contributed by atoms with van der Waals surface area (Å²) in [6.45, 7) is 5.71. The average molecular weight is 330 g/mol. The molecule has 0 N–H and O–H groups in total. The molecule has 2 aliphatic heterocycles. The maximum atomic E-state index is 12.3. The van der Waals surface area contributed by atoms with Crippen LogP contribution in [0.3, 0.4) is 0 Å². The number of likely N-dealkylation sites (tertiary alicyclic amines) is 1. The van der Waals surface area contributed by atoms with E-state index in [9.17, 15) is 9.59 Å². The Kier molecular flexibility index (Phi) is 5.51. The zero-order valence-electron chi connectivity index (χ0n) is 14.4. The third-order valence-electron chi connectivity index (χ3n) is 4.88. The van der Waals surface area contributed by atoms with Gasteiger partial charge in [-0.2, -0.15) is 0 Å². The van der Waals surface area contributed by atoms with Crippen molar-refractivity contribution in [1.29, 1.82) is 0 Å². The van der Waals surface area contributed by atoms with Gasteiger partial charge in [-0.1, -0.05) is 19.8 Å². The van der Waals surface area contributed by atoms with Crippen LogP contribution in [0.15, 0.2) is 18.2 Å². The summed E-state index contributed by atoms with van der Waals surface area (Å²) in [4.78, 5) is 28.4. The first kappa shape index (κ1) is 17.0. The van der Waals surface area contributed by atoms with Gasteiger partial charge in [0.1, 0.15) is 5.75 Å². The van der Waals surface area contributed by atoms with E-state index >= 15 is 0 Å². The number of nitrogens with zero attached hydrogens (tertiary/aromatic N) is 2. The summed E-state index contributed by atoms with van der Waals surface area (Å²) in [6, 6.07) is 5.41. The van der Waals surface area contributed by atoms with Crippen molar-refractivity contribution in [2.75, 3.05) is 37.7 Å². The first-order valence-corrected chi connectivity index (χ1v) is 9.02. The predicted octanol–water partition coefficient (Wildman–Crippen LogP) is 2.88. The van der Waals surface area contributed by atoms with Crippen molar-refractivity contribution < 1.29 is 14.3 Å². The maximum Gasteiger partial charge on any atom is 0.265 e. The van der Waals surface area contributed by atoms with Crippen LogP contribution in [0.25, 0.3) is 0 Å². The summed E-state index contributed by atoms with van der Waals surface area (Å²) in [6.07, 6.45) is 5.58. The third kappa shape index (κ3) is 3.78. The average Bonchev–Trinajstić information content (AvgIpc) is 2.88. The lowest BCUT2D eigenvalue weighted by Crippen LogP contribution is -2.43. The fourth-order valence-corrected chi connectivity index (χ4v) is 3.43. The number of benzene rings is 1. The van der Waals surface area contributed by atoms with Crippen LogP contribution in [0, 0.1) is 0 Å². The third-order valence-corrected chi connectivity index (χ3v) is 4.88. The van der Waals surface area contributed by atoms with E-state index in [1.807, 2.05) is 17.9 Å². The molecule has 1 amide bonds. The Bertz CT molecular complexity index is 607. The van der Waals surface area contributed by atoms with Gasteiger partial charge in [0.05, 0.1) is 5.69 Å². The summed E-state index contributed by atoms with van der Waals surface area (Å²) >= 11 is 0. The molecule has 1 aromatic carbocycles. The second-order valence-corrected chi connectivity index (χ2v) is 6.55. The SMILES string of the molecule is CCC(=O)c1ccc2c(c1)OCC(=O)N2CCN1CCCCCC1. The van der Waals surface area contributed by atoms with Crippen molar-refractivity contribution in [2.24, 2.45) is 0 Å². The number of rotatable bonds is 5. The van der Waals surface area contributed by atoms with E-state index in [1.165, 1.54) is 25.7 Å². The normalized spacial score (nSPS) is 18.7. The number of ketones is 1. The molecule has 0 saturated carbocycles. The van der Waals surface area contributed by atoms with Gasteiger partial charge < -0.3 is 14.5 Å². The molecule has 0 unspecified atom stereocenters. The van der Waals surface area contributed by atoms with Gasteiger partial charge in [-0.15, -0.1) is 0 Å². The molecule has 3 rings (SSSR count). The topological polar surface area (TPSA) is 49.9 Å². The fraction of sp³-hybridized carbons (Fsp3) is 0.579. The summed E-state index contributed by atoms with van der Waals surface area (Å²) in [5.41, 5.74) is 1.44. The molecular formula is C19H26N2O3. The number of hydrogen-bond acceptors (Lipinski definition) is 4. The summed E-state index contributed by atoms with van der Waals surface area (Å²) in [5.74, 6) is 0.728. The number of amides is 1. The number of Topliss-reactive ketones (excluding diaryl/α,β-unsaturated/α-hetero) is 1. The van der Waals surface area contributed by atoms with E-state index in [0.717, 1.165) is 25.3 Å². The molecule has 1 saturated heterocycles. The maximum absolute atomic E-state index is 12.3. The Morgan fingerprint density at radius 3 is 2.58 bits per heavy atom. The Labute approximate surface area is 143 Å². The van der Waals surface area contributed by atoms with Gasteiger partial charge in [-0.25, -0.2) is 0 Å². The minimum absolute atomic E-state index is 0.00751. The molecule has 2 heterocycles. The molecule has 0 radical (unpaired) electrons. The largest absolute Gasteiger partial charge is 0.482 e. The molecule has 0 aromatic heterocycles. The van der Waals surface area contributed by atoms with Gasteiger partial charge in [0, 0.05) is 25.1 Å². The van der Waals surface area contributed by atoms with E-state index in [0.29, 0.717) is 24.3 Å². The first-order chi connectivity index (χ1) is 11.7. The Morgan fingerprint density at radius 2 is 1.88 bits per heavy atom. The molecule has 24 heavy (non-hydrogen) atoms. The van der Waals surface area contributed by atoms with Gasteiger partial charge in [0.2, 0.25) is 0 Å². The number of fused-ring (bicyclic) bond motifs is 1. The number of hydrogen-bond donors (Lipinski definition) is 0. The van der Waals surface area contributed by atoms with Gasteiger partial charge in [0.25, 0.3) is 5.91 Å². The van der Waals surface area contributed by atoms with E-state index in [-0.39, 0.29) is 18.3 Å². The number of carbonyl (C=O) groups excluding carboxylic acids is 2.